The first-order valence-corrected chi connectivity index (χ1v) is 12.2. The lowest BCUT2D eigenvalue weighted by Crippen LogP contribution is -2.35. The number of likely N-dealkylation sites (tertiary alicyclic amines) is 1. The average molecular weight is 447 g/mol. The van der Waals surface area contributed by atoms with E-state index in [2.05, 4.69) is 21.9 Å². The van der Waals surface area contributed by atoms with Crippen LogP contribution in [0.25, 0.3) is 22.0 Å². The number of pyridine rings is 1. The molecule has 2 aromatic heterocycles. The van der Waals surface area contributed by atoms with Gasteiger partial charge in [-0.2, -0.15) is 0 Å². The Morgan fingerprint density at radius 2 is 1.87 bits per heavy atom. The third kappa shape index (κ3) is 4.40. The van der Waals surface area contributed by atoms with Crippen molar-refractivity contribution in [3.05, 3.63) is 57.9 Å². The van der Waals surface area contributed by atoms with Crippen LogP contribution in [0.5, 0.6) is 0 Å². The first kappa shape index (κ1) is 21.0. The molecule has 1 aromatic carbocycles. The van der Waals surface area contributed by atoms with Gasteiger partial charge >= 0.3 is 0 Å². The molecule has 0 N–H and O–H groups in total. The molecule has 158 valence electrons. The molecule has 3 heterocycles. The molecule has 0 amide bonds. The Morgan fingerprint density at radius 1 is 1.13 bits per heavy atom. The van der Waals surface area contributed by atoms with Crippen molar-refractivity contribution in [1.82, 2.24) is 19.4 Å². The molecule has 0 bridgehead atoms. The summed E-state index contributed by atoms with van der Waals surface area (Å²) in [5.74, 6) is -0.190. The van der Waals surface area contributed by atoms with E-state index >= 15 is 0 Å². The average Bonchev–Trinajstić information content (AvgIpc) is 2.70. The van der Waals surface area contributed by atoms with Gasteiger partial charge in [-0.1, -0.05) is 17.7 Å². The van der Waals surface area contributed by atoms with Crippen molar-refractivity contribution < 1.29 is 8.42 Å². The molecule has 4 rings (SSSR count). The van der Waals surface area contributed by atoms with Gasteiger partial charge in [-0.3, -0.25) is 9.36 Å². The summed E-state index contributed by atoms with van der Waals surface area (Å²) >= 11 is 6.08. The third-order valence-electron chi connectivity index (χ3n) is 5.53. The smallest absolute Gasteiger partial charge is 0.261 e. The van der Waals surface area contributed by atoms with Crippen molar-refractivity contribution in [3.63, 3.8) is 0 Å². The van der Waals surface area contributed by atoms with Crippen LogP contribution >= 0.6 is 11.6 Å². The van der Waals surface area contributed by atoms with Crippen LogP contribution in [0.15, 0.2) is 41.6 Å². The second kappa shape index (κ2) is 8.09. The number of piperidine rings is 1. The van der Waals surface area contributed by atoms with Crippen LogP contribution in [0.1, 0.15) is 24.4 Å². The summed E-state index contributed by atoms with van der Waals surface area (Å²) in [5.41, 5.74) is 2.48. The minimum absolute atomic E-state index is 0.0605. The summed E-state index contributed by atoms with van der Waals surface area (Å²) in [7, 11) is -1.17. The fourth-order valence-electron chi connectivity index (χ4n) is 3.88. The maximum absolute atomic E-state index is 13.2. The molecule has 7 nitrogen and oxygen atoms in total. The van der Waals surface area contributed by atoms with Crippen LogP contribution < -0.4 is 5.56 Å². The summed E-state index contributed by atoms with van der Waals surface area (Å²) in [4.78, 5) is 24.1. The Balaban J connectivity index is 1.75. The molecule has 1 saturated heterocycles. The summed E-state index contributed by atoms with van der Waals surface area (Å²) < 4.78 is 25.1. The van der Waals surface area contributed by atoms with Crippen molar-refractivity contribution in [2.45, 2.75) is 24.6 Å². The zero-order valence-electron chi connectivity index (χ0n) is 16.9. The summed E-state index contributed by atoms with van der Waals surface area (Å²) in [6.45, 7) is 1.91. The molecule has 0 radical (unpaired) electrons. The fraction of sp³-hybridized carbons (Fsp3) is 0.381. The molecule has 1 aliphatic heterocycles. The SMILES string of the molecule is CN1CCC(n2cnc3ccc(-c4cnc(Cl)c(CS(C)(=O)=O)c4)cc3c2=O)CC1. The number of nitrogens with zero attached hydrogens (tertiary/aromatic N) is 4. The molecule has 0 aliphatic carbocycles. The van der Waals surface area contributed by atoms with E-state index in [1.54, 1.807) is 35.3 Å². The van der Waals surface area contributed by atoms with Crippen LogP contribution in [0.4, 0.5) is 0 Å². The van der Waals surface area contributed by atoms with Crippen molar-refractivity contribution in [1.29, 1.82) is 0 Å². The molecule has 0 saturated carbocycles. The maximum atomic E-state index is 13.2. The molecule has 0 unspecified atom stereocenters. The van der Waals surface area contributed by atoms with Crippen LogP contribution in [-0.2, 0) is 15.6 Å². The van der Waals surface area contributed by atoms with Crippen LogP contribution in [-0.4, -0.2) is 54.2 Å². The second-order valence-corrected chi connectivity index (χ2v) is 10.5. The number of sulfone groups is 1. The van der Waals surface area contributed by atoms with E-state index in [9.17, 15) is 13.2 Å². The highest BCUT2D eigenvalue weighted by molar-refractivity contribution is 7.89. The lowest BCUT2D eigenvalue weighted by molar-refractivity contribution is 0.218. The Labute approximate surface area is 180 Å². The van der Waals surface area contributed by atoms with E-state index in [0.717, 1.165) is 37.8 Å². The van der Waals surface area contributed by atoms with Crippen LogP contribution in [0.3, 0.4) is 0 Å². The van der Waals surface area contributed by atoms with E-state index in [-0.39, 0.29) is 22.5 Å². The summed E-state index contributed by atoms with van der Waals surface area (Å²) in [5, 5.41) is 0.699. The first-order chi connectivity index (χ1) is 14.2. The van der Waals surface area contributed by atoms with Gasteiger partial charge in [-0.15, -0.1) is 0 Å². The van der Waals surface area contributed by atoms with Gasteiger partial charge in [0, 0.05) is 29.6 Å². The van der Waals surface area contributed by atoms with E-state index in [1.807, 2.05) is 6.07 Å². The number of benzene rings is 1. The first-order valence-electron chi connectivity index (χ1n) is 9.73. The largest absolute Gasteiger partial charge is 0.306 e. The predicted octanol–water partition coefficient (Wildman–Crippen LogP) is 2.92. The number of halogens is 1. The third-order valence-corrected chi connectivity index (χ3v) is 6.70. The van der Waals surface area contributed by atoms with Gasteiger partial charge in [0.2, 0.25) is 0 Å². The van der Waals surface area contributed by atoms with Crippen LogP contribution in [0.2, 0.25) is 5.15 Å². The van der Waals surface area contributed by atoms with Gasteiger partial charge in [0.05, 0.1) is 23.0 Å². The normalized spacial score (nSPS) is 16.2. The molecule has 1 fully saturated rings. The van der Waals surface area contributed by atoms with Crippen LogP contribution in [0, 0.1) is 0 Å². The quantitative estimate of drug-likeness (QED) is 0.573. The highest BCUT2D eigenvalue weighted by Gasteiger charge is 2.20. The molecule has 1 aliphatic rings. The van der Waals surface area contributed by atoms with E-state index in [1.165, 1.54) is 0 Å². The van der Waals surface area contributed by atoms with Gasteiger partial charge in [0.1, 0.15) is 5.15 Å². The maximum Gasteiger partial charge on any atom is 0.261 e. The van der Waals surface area contributed by atoms with Gasteiger partial charge in [0.15, 0.2) is 9.84 Å². The predicted molar refractivity (Wildman–Crippen MR) is 119 cm³/mol. The van der Waals surface area contributed by atoms with E-state index in [4.69, 9.17) is 11.6 Å². The number of hydrogen-bond acceptors (Lipinski definition) is 6. The lowest BCUT2D eigenvalue weighted by atomic mass is 10.0. The zero-order chi connectivity index (χ0) is 21.5. The van der Waals surface area contributed by atoms with E-state index < -0.39 is 9.84 Å². The minimum atomic E-state index is -3.25. The molecule has 0 atom stereocenters. The van der Waals surface area contributed by atoms with Crippen molar-refractivity contribution in [2.24, 2.45) is 0 Å². The van der Waals surface area contributed by atoms with Crippen molar-refractivity contribution in [2.75, 3.05) is 26.4 Å². The molecule has 9 heteroatoms. The number of aromatic nitrogens is 3. The molecule has 0 spiro atoms. The standard InChI is InChI=1S/C21H23ClN4O3S/c1-25-7-5-17(6-8-25)26-13-24-19-4-3-14(10-18(19)21(26)27)15-9-16(12-30(2,28)29)20(22)23-11-15/h3-4,9-11,13,17H,5-8,12H2,1-2H3. The highest BCUT2D eigenvalue weighted by Crippen LogP contribution is 2.27. The van der Waals surface area contributed by atoms with E-state index in [0.29, 0.717) is 22.0 Å². The Kier molecular flexibility index (Phi) is 5.65. The number of hydrogen-bond donors (Lipinski definition) is 0. The van der Waals surface area contributed by atoms with Gasteiger partial charge < -0.3 is 4.90 Å². The van der Waals surface area contributed by atoms with Crippen molar-refractivity contribution >= 4 is 32.3 Å². The Hall–Kier alpha value is -2.29. The Bertz CT molecular complexity index is 1260. The number of rotatable bonds is 4. The molecule has 30 heavy (non-hydrogen) atoms. The zero-order valence-corrected chi connectivity index (χ0v) is 18.4. The number of fused-ring (bicyclic) bond motifs is 1. The summed E-state index contributed by atoms with van der Waals surface area (Å²) in [6.07, 6.45) is 6.22. The van der Waals surface area contributed by atoms with Gasteiger partial charge in [0.25, 0.3) is 5.56 Å². The highest BCUT2D eigenvalue weighted by atomic mass is 35.5. The monoisotopic (exact) mass is 446 g/mol. The second-order valence-electron chi connectivity index (χ2n) is 7.97. The van der Waals surface area contributed by atoms with Crippen molar-refractivity contribution in [3.8, 4) is 11.1 Å². The molecular weight excluding hydrogens is 424 g/mol. The van der Waals surface area contributed by atoms with Gasteiger partial charge in [-0.25, -0.2) is 18.4 Å². The molecular formula is C21H23ClN4O3S. The van der Waals surface area contributed by atoms with Gasteiger partial charge in [-0.05, 0) is 56.7 Å². The Morgan fingerprint density at radius 3 is 2.57 bits per heavy atom. The molecule has 3 aromatic rings. The lowest BCUT2D eigenvalue weighted by Gasteiger charge is -2.30. The summed E-state index contributed by atoms with van der Waals surface area (Å²) in [6, 6.07) is 7.31. The fourth-order valence-corrected chi connectivity index (χ4v) is 4.92. The minimum Gasteiger partial charge on any atom is -0.306 e. The topological polar surface area (TPSA) is 85.2 Å².